The molecule has 2 N–H and O–H groups in total. The van der Waals surface area contributed by atoms with Crippen LogP contribution < -0.4 is 19.3 Å². The van der Waals surface area contributed by atoms with Crippen LogP contribution in [0.25, 0.3) is 23.4 Å². The Hall–Kier alpha value is -2.53. The molecule has 0 fully saturated rings. The molecular formula is C28H34N3O7S5+. The van der Waals surface area contributed by atoms with Gasteiger partial charge in [0, 0.05) is 35.7 Å². The summed E-state index contributed by atoms with van der Waals surface area (Å²) in [6.07, 6.45) is 6.07. The van der Waals surface area contributed by atoms with Crippen molar-refractivity contribution in [3.63, 3.8) is 0 Å². The molecule has 0 bridgehead atoms. The Bertz CT molecular complexity index is 1940. The predicted octanol–water partition coefficient (Wildman–Crippen LogP) is 3.25. The van der Waals surface area contributed by atoms with E-state index in [1.165, 1.54) is 22.7 Å². The zero-order valence-electron chi connectivity index (χ0n) is 24.0. The minimum Gasteiger partial charge on any atom is -0.339 e. The van der Waals surface area contributed by atoms with Crippen LogP contribution in [0.5, 0.6) is 0 Å². The van der Waals surface area contributed by atoms with Gasteiger partial charge >= 0.3 is 0 Å². The normalized spacial score (nSPS) is 16.3. The van der Waals surface area contributed by atoms with Gasteiger partial charge in [0.2, 0.25) is 5.69 Å². The van der Waals surface area contributed by atoms with Crippen LogP contribution in [0.3, 0.4) is 0 Å². The van der Waals surface area contributed by atoms with E-state index in [1.807, 2.05) is 78.1 Å². The highest BCUT2D eigenvalue weighted by atomic mass is 32.2. The fraction of sp³-hybridized carbons (Fsp3) is 0.357. The number of allylic oxidation sites excluding steroid dienone is 3. The lowest BCUT2D eigenvalue weighted by Gasteiger charge is -2.20. The van der Waals surface area contributed by atoms with Gasteiger partial charge in [-0.2, -0.15) is 21.4 Å². The maximum absolute atomic E-state index is 13.4. The van der Waals surface area contributed by atoms with Crippen LogP contribution in [-0.4, -0.2) is 53.5 Å². The number of rotatable bonds is 12. The van der Waals surface area contributed by atoms with Crippen molar-refractivity contribution in [2.45, 2.75) is 46.7 Å². The van der Waals surface area contributed by atoms with Crippen molar-refractivity contribution in [2.75, 3.05) is 18.1 Å². The summed E-state index contributed by atoms with van der Waals surface area (Å²) in [6.45, 7) is 7.07. The number of thioether (sulfide) groups is 1. The number of benzene rings is 1. The monoisotopic (exact) mass is 684 g/mol. The van der Waals surface area contributed by atoms with Gasteiger partial charge in [-0.3, -0.25) is 18.5 Å². The first-order valence-corrected chi connectivity index (χ1v) is 19.2. The van der Waals surface area contributed by atoms with Crippen LogP contribution in [0.4, 0.5) is 0 Å². The zero-order chi connectivity index (χ0) is 31.4. The van der Waals surface area contributed by atoms with Gasteiger partial charge in [0.1, 0.15) is 4.66 Å². The topological polar surface area (TPSA) is 138 Å². The van der Waals surface area contributed by atoms with Crippen LogP contribution in [-0.2, 0) is 33.3 Å². The lowest BCUT2D eigenvalue weighted by Crippen LogP contribution is -2.38. The molecule has 0 unspecified atom stereocenters. The molecule has 232 valence electrons. The van der Waals surface area contributed by atoms with E-state index in [0.717, 1.165) is 36.6 Å². The summed E-state index contributed by atoms with van der Waals surface area (Å²) in [4.78, 5) is 16.4. The second-order valence-corrected chi connectivity index (χ2v) is 16.2. The van der Waals surface area contributed by atoms with E-state index in [0.29, 0.717) is 24.2 Å². The lowest BCUT2D eigenvalue weighted by molar-refractivity contribution is -0.683. The Morgan fingerprint density at radius 3 is 2.30 bits per heavy atom. The maximum atomic E-state index is 13.4. The quantitative estimate of drug-likeness (QED) is 0.218. The molecule has 0 saturated heterocycles. The first-order valence-electron chi connectivity index (χ1n) is 13.5. The average Bonchev–Trinajstić information content (AvgIpc) is 3.55. The number of hydrogen-bond acceptors (Lipinski definition) is 9. The molecular weight excluding hydrogens is 651 g/mol. The summed E-state index contributed by atoms with van der Waals surface area (Å²) in [5.74, 6) is -0.679. The summed E-state index contributed by atoms with van der Waals surface area (Å²) < 4.78 is 68.5. The van der Waals surface area contributed by atoms with E-state index < -0.39 is 20.2 Å². The van der Waals surface area contributed by atoms with Crippen molar-refractivity contribution in [3.8, 4) is 11.3 Å². The first kappa shape index (κ1) is 33.4. The van der Waals surface area contributed by atoms with E-state index in [2.05, 4.69) is 0 Å². The fourth-order valence-electron chi connectivity index (χ4n) is 4.60. The molecule has 0 amide bonds. The third-order valence-corrected chi connectivity index (χ3v) is 11.6. The van der Waals surface area contributed by atoms with Gasteiger partial charge in [-0.25, -0.2) is 0 Å². The molecule has 15 heteroatoms. The molecule has 4 rings (SSSR count). The van der Waals surface area contributed by atoms with Crippen LogP contribution in [0, 0.1) is 0 Å². The predicted molar refractivity (Wildman–Crippen MR) is 174 cm³/mol. The number of hydrogen-bond donors (Lipinski definition) is 2. The minimum absolute atomic E-state index is 0.129. The van der Waals surface area contributed by atoms with Crippen molar-refractivity contribution >= 4 is 66.8 Å². The lowest BCUT2D eigenvalue weighted by atomic mass is 10.2. The maximum Gasteiger partial charge on any atom is 0.269 e. The van der Waals surface area contributed by atoms with Gasteiger partial charge in [-0.1, -0.05) is 41.3 Å². The molecule has 0 spiro atoms. The smallest absolute Gasteiger partial charge is 0.269 e. The van der Waals surface area contributed by atoms with Crippen LogP contribution in [0.15, 0.2) is 62.2 Å². The highest BCUT2D eigenvalue weighted by Crippen LogP contribution is 2.40. The van der Waals surface area contributed by atoms with Crippen LogP contribution in [0.1, 0.15) is 38.6 Å². The van der Waals surface area contributed by atoms with E-state index in [-0.39, 0.29) is 29.9 Å². The van der Waals surface area contributed by atoms with Gasteiger partial charge in [-0.05, 0) is 51.5 Å². The second-order valence-electron chi connectivity index (χ2n) is 9.82. The molecule has 3 aromatic rings. The second kappa shape index (κ2) is 14.1. The Labute approximate surface area is 263 Å². The summed E-state index contributed by atoms with van der Waals surface area (Å²) in [6, 6.07) is 9.74. The zero-order valence-corrected chi connectivity index (χ0v) is 28.0. The SMILES string of the molecule is CCn1c(=O)/c(=C\C=C2/SC(C)=C(C)N2CCCS(=O)(=O)O)s/c1=C\c1scc(-c2ccccc2)[n+]1CCCS(=O)(=O)O. The molecule has 43 heavy (non-hydrogen) atoms. The number of thiazole rings is 2. The summed E-state index contributed by atoms with van der Waals surface area (Å²) >= 11 is 4.39. The van der Waals surface area contributed by atoms with Gasteiger partial charge in [0.15, 0.2) is 6.54 Å². The number of aromatic nitrogens is 2. The molecule has 10 nitrogen and oxygen atoms in total. The Kier molecular flexibility index (Phi) is 10.9. The van der Waals surface area contributed by atoms with Crippen LogP contribution in [0.2, 0.25) is 0 Å². The largest absolute Gasteiger partial charge is 0.339 e. The van der Waals surface area contributed by atoms with Crippen molar-refractivity contribution in [2.24, 2.45) is 0 Å². The van der Waals surface area contributed by atoms with E-state index in [1.54, 1.807) is 22.4 Å². The highest BCUT2D eigenvalue weighted by molar-refractivity contribution is 8.06. The average molecular weight is 685 g/mol. The molecule has 2 aromatic heterocycles. The third kappa shape index (κ3) is 8.77. The summed E-state index contributed by atoms with van der Waals surface area (Å²) in [5, 5.41) is 3.71. The van der Waals surface area contributed by atoms with Crippen molar-refractivity contribution in [1.82, 2.24) is 9.47 Å². The van der Waals surface area contributed by atoms with E-state index in [9.17, 15) is 26.2 Å². The van der Waals surface area contributed by atoms with Crippen molar-refractivity contribution < 1.29 is 30.5 Å². The van der Waals surface area contributed by atoms with Gasteiger partial charge in [0.25, 0.3) is 30.8 Å². The van der Waals surface area contributed by atoms with Crippen molar-refractivity contribution in [3.05, 3.63) is 82.0 Å². The molecule has 0 saturated carbocycles. The highest BCUT2D eigenvalue weighted by Gasteiger charge is 2.23. The standard InChI is InChI=1S/C28H33N3O7S5/c1-4-29-27(18-26-31(15-9-17-43(36,37)38)23(19-39-26)22-10-6-5-7-11-22)41-24(28(29)32)12-13-25-30(20(2)21(3)40-25)14-8-16-42(33,34)35/h5-7,10-13,18-19H,4,8-9,14-17H2,1-3H3,(H-,33,34,35,36,37,38)/p+1/b24-12+,25-13-. The first-order chi connectivity index (χ1) is 20.3. The summed E-state index contributed by atoms with van der Waals surface area (Å²) in [7, 11) is -8.14. The molecule has 3 heterocycles. The minimum atomic E-state index is -4.10. The third-order valence-electron chi connectivity index (χ3n) is 6.80. The van der Waals surface area contributed by atoms with Crippen LogP contribution >= 0.6 is 34.4 Å². The fourth-order valence-corrected chi connectivity index (χ4v) is 8.75. The molecule has 0 radical (unpaired) electrons. The van der Waals surface area contributed by atoms with E-state index >= 15 is 0 Å². The van der Waals surface area contributed by atoms with Gasteiger partial charge in [0.05, 0.1) is 32.5 Å². The Balaban J connectivity index is 1.72. The Morgan fingerprint density at radius 2 is 1.65 bits per heavy atom. The molecule has 1 aliphatic heterocycles. The van der Waals surface area contributed by atoms with Crippen molar-refractivity contribution in [1.29, 1.82) is 0 Å². The number of nitrogens with zero attached hydrogens (tertiary/aromatic N) is 3. The van der Waals surface area contributed by atoms with Gasteiger partial charge < -0.3 is 4.90 Å². The molecule has 1 aliphatic rings. The molecule has 0 aliphatic carbocycles. The molecule has 0 atom stereocenters. The van der Waals surface area contributed by atoms with E-state index in [4.69, 9.17) is 4.55 Å². The molecule has 1 aromatic carbocycles. The summed E-state index contributed by atoms with van der Waals surface area (Å²) in [5.41, 5.74) is 2.75. The Morgan fingerprint density at radius 1 is 0.977 bits per heavy atom. The van der Waals surface area contributed by atoms with Gasteiger partial charge in [-0.15, -0.1) is 11.3 Å².